The predicted molar refractivity (Wildman–Crippen MR) is 69.0 cm³/mol. The van der Waals surface area contributed by atoms with Gasteiger partial charge in [-0.2, -0.15) is 5.10 Å². The monoisotopic (exact) mass is 237 g/mol. The Morgan fingerprint density at radius 3 is 2.65 bits per heavy atom. The van der Waals surface area contributed by atoms with Gasteiger partial charge in [-0.25, -0.2) is 0 Å². The minimum atomic E-state index is 0.207. The Bertz CT molecular complexity index is 300. The lowest BCUT2D eigenvalue weighted by atomic mass is 10.2. The molecule has 1 heterocycles. The molecule has 0 aromatic carbocycles. The summed E-state index contributed by atoms with van der Waals surface area (Å²) in [6, 6.07) is 3.85. The van der Waals surface area contributed by atoms with Crippen molar-refractivity contribution in [3.8, 4) is 5.88 Å². The summed E-state index contributed by atoms with van der Waals surface area (Å²) in [5, 5.41) is 11.5. The van der Waals surface area contributed by atoms with Crippen molar-refractivity contribution < 1.29 is 4.74 Å². The van der Waals surface area contributed by atoms with Crippen molar-refractivity contribution in [3.05, 3.63) is 17.8 Å². The number of hydrogen-bond donors (Lipinski definition) is 1. The molecular weight excluding hydrogens is 214 g/mol. The van der Waals surface area contributed by atoms with Gasteiger partial charge < -0.3 is 10.1 Å². The fourth-order valence-corrected chi connectivity index (χ4v) is 1.57. The lowest BCUT2D eigenvalue weighted by Crippen LogP contribution is -2.16. The second-order valence-corrected chi connectivity index (χ2v) is 4.26. The van der Waals surface area contributed by atoms with Crippen LogP contribution in [0, 0.1) is 0 Å². The van der Waals surface area contributed by atoms with Gasteiger partial charge in [0, 0.05) is 12.6 Å². The van der Waals surface area contributed by atoms with Gasteiger partial charge in [-0.15, -0.1) is 5.10 Å². The van der Waals surface area contributed by atoms with Crippen LogP contribution in [0.3, 0.4) is 0 Å². The minimum absolute atomic E-state index is 0.207. The van der Waals surface area contributed by atoms with Gasteiger partial charge in [0.05, 0.1) is 11.8 Å². The molecule has 0 spiro atoms. The van der Waals surface area contributed by atoms with Gasteiger partial charge in [0.25, 0.3) is 0 Å². The molecule has 0 aliphatic heterocycles. The topological polar surface area (TPSA) is 47.0 Å². The van der Waals surface area contributed by atoms with E-state index in [4.69, 9.17) is 4.74 Å². The Balaban J connectivity index is 2.39. The zero-order valence-electron chi connectivity index (χ0n) is 11.1. The van der Waals surface area contributed by atoms with Gasteiger partial charge in [0.1, 0.15) is 0 Å². The first kappa shape index (κ1) is 13.9. The Kier molecular flexibility index (Phi) is 6.55. The summed E-state index contributed by atoms with van der Waals surface area (Å²) in [6.45, 7) is 8.12. The third-order valence-corrected chi connectivity index (χ3v) is 2.45. The quantitative estimate of drug-likeness (QED) is 0.706. The molecule has 0 amide bonds. The summed E-state index contributed by atoms with van der Waals surface area (Å²) in [5.74, 6) is 0.616. The molecule has 0 radical (unpaired) electrons. The number of hydrogen-bond acceptors (Lipinski definition) is 4. The summed E-state index contributed by atoms with van der Waals surface area (Å²) in [6.07, 6.45) is 3.50. The number of ether oxygens (including phenoxy) is 1. The van der Waals surface area contributed by atoms with Crippen LogP contribution < -0.4 is 10.1 Å². The molecule has 1 aromatic heterocycles. The average Bonchev–Trinajstić information content (AvgIpc) is 2.32. The minimum Gasteiger partial charge on any atom is -0.474 e. The van der Waals surface area contributed by atoms with Gasteiger partial charge in [-0.1, -0.05) is 20.3 Å². The van der Waals surface area contributed by atoms with E-state index in [-0.39, 0.29) is 6.10 Å². The first-order valence-corrected chi connectivity index (χ1v) is 6.46. The Labute approximate surface area is 104 Å². The van der Waals surface area contributed by atoms with Crippen molar-refractivity contribution in [2.45, 2.75) is 52.7 Å². The number of nitrogens with one attached hydrogen (secondary N) is 1. The van der Waals surface area contributed by atoms with E-state index >= 15 is 0 Å². The molecule has 4 heteroatoms. The van der Waals surface area contributed by atoms with Crippen molar-refractivity contribution in [1.82, 2.24) is 15.5 Å². The maximum absolute atomic E-state index is 5.64. The predicted octanol–water partition coefficient (Wildman–Crippen LogP) is 2.54. The van der Waals surface area contributed by atoms with Crippen LogP contribution in [0.2, 0.25) is 0 Å². The molecule has 1 N–H and O–H groups in total. The van der Waals surface area contributed by atoms with Crippen LogP contribution in [-0.2, 0) is 6.54 Å². The number of aromatic nitrogens is 2. The summed E-state index contributed by atoms with van der Waals surface area (Å²) in [5.41, 5.74) is 0.953. The van der Waals surface area contributed by atoms with Gasteiger partial charge in [0.2, 0.25) is 5.88 Å². The molecule has 1 rings (SSSR count). The molecule has 1 unspecified atom stereocenters. The van der Waals surface area contributed by atoms with Crippen LogP contribution in [0.15, 0.2) is 12.1 Å². The molecule has 0 fully saturated rings. The van der Waals surface area contributed by atoms with E-state index in [1.54, 1.807) is 0 Å². The normalized spacial score (nSPS) is 12.4. The molecule has 1 atom stereocenters. The standard InChI is InChI=1S/C13H23N3O/c1-4-6-11(3)17-13-8-7-12(15-16-13)10-14-9-5-2/h7-8,11,14H,4-6,9-10H2,1-3H3. The Hall–Kier alpha value is -1.16. The van der Waals surface area contributed by atoms with Crippen LogP contribution in [0.25, 0.3) is 0 Å². The van der Waals surface area contributed by atoms with Crippen LogP contribution in [0.5, 0.6) is 5.88 Å². The SMILES string of the molecule is CCCNCc1ccc(OC(C)CCC)nn1. The highest BCUT2D eigenvalue weighted by Gasteiger charge is 2.04. The smallest absolute Gasteiger partial charge is 0.233 e. The molecule has 96 valence electrons. The van der Waals surface area contributed by atoms with E-state index < -0.39 is 0 Å². The van der Waals surface area contributed by atoms with Crippen molar-refractivity contribution in [3.63, 3.8) is 0 Å². The Morgan fingerprint density at radius 2 is 2.06 bits per heavy atom. The van der Waals surface area contributed by atoms with E-state index in [0.29, 0.717) is 5.88 Å². The van der Waals surface area contributed by atoms with Gasteiger partial charge in [-0.05, 0) is 32.4 Å². The molecule has 1 aromatic rings. The van der Waals surface area contributed by atoms with Gasteiger partial charge in [-0.3, -0.25) is 0 Å². The summed E-state index contributed by atoms with van der Waals surface area (Å²) >= 11 is 0. The van der Waals surface area contributed by atoms with E-state index in [2.05, 4.69) is 36.3 Å². The van der Waals surface area contributed by atoms with Crippen molar-refractivity contribution in [1.29, 1.82) is 0 Å². The fourth-order valence-electron chi connectivity index (χ4n) is 1.57. The lowest BCUT2D eigenvalue weighted by molar-refractivity contribution is 0.199. The van der Waals surface area contributed by atoms with E-state index in [0.717, 1.165) is 38.0 Å². The third kappa shape index (κ3) is 5.63. The zero-order chi connectivity index (χ0) is 12.5. The molecule has 0 saturated heterocycles. The molecule has 17 heavy (non-hydrogen) atoms. The molecule has 4 nitrogen and oxygen atoms in total. The fraction of sp³-hybridized carbons (Fsp3) is 0.692. The average molecular weight is 237 g/mol. The Morgan fingerprint density at radius 1 is 1.24 bits per heavy atom. The van der Waals surface area contributed by atoms with Crippen molar-refractivity contribution in [2.24, 2.45) is 0 Å². The highest BCUT2D eigenvalue weighted by atomic mass is 16.5. The molecule has 0 aliphatic carbocycles. The summed E-state index contributed by atoms with van der Waals surface area (Å²) < 4.78 is 5.64. The molecule has 0 aliphatic rings. The molecule has 0 bridgehead atoms. The first-order valence-electron chi connectivity index (χ1n) is 6.46. The lowest BCUT2D eigenvalue weighted by Gasteiger charge is -2.12. The van der Waals surface area contributed by atoms with Crippen LogP contribution >= 0.6 is 0 Å². The van der Waals surface area contributed by atoms with E-state index in [9.17, 15) is 0 Å². The summed E-state index contributed by atoms with van der Waals surface area (Å²) in [7, 11) is 0. The van der Waals surface area contributed by atoms with Gasteiger partial charge in [0.15, 0.2) is 0 Å². The van der Waals surface area contributed by atoms with E-state index in [1.165, 1.54) is 0 Å². The maximum atomic E-state index is 5.64. The van der Waals surface area contributed by atoms with Gasteiger partial charge >= 0.3 is 0 Å². The second kappa shape index (κ2) is 8.01. The van der Waals surface area contributed by atoms with Crippen LogP contribution in [0.1, 0.15) is 45.7 Å². The van der Waals surface area contributed by atoms with Crippen LogP contribution in [0.4, 0.5) is 0 Å². The third-order valence-electron chi connectivity index (χ3n) is 2.45. The highest BCUT2D eigenvalue weighted by molar-refractivity contribution is 5.11. The zero-order valence-corrected chi connectivity index (χ0v) is 11.1. The number of nitrogens with zero attached hydrogens (tertiary/aromatic N) is 2. The second-order valence-electron chi connectivity index (χ2n) is 4.26. The van der Waals surface area contributed by atoms with E-state index in [1.807, 2.05) is 12.1 Å². The number of rotatable bonds is 8. The van der Waals surface area contributed by atoms with Crippen molar-refractivity contribution in [2.75, 3.05) is 6.54 Å². The molecule has 0 saturated carbocycles. The largest absolute Gasteiger partial charge is 0.474 e. The first-order chi connectivity index (χ1) is 8.26. The molecular formula is C13H23N3O. The summed E-state index contributed by atoms with van der Waals surface area (Å²) in [4.78, 5) is 0. The van der Waals surface area contributed by atoms with Crippen LogP contribution in [-0.4, -0.2) is 22.8 Å². The highest BCUT2D eigenvalue weighted by Crippen LogP contribution is 2.09. The van der Waals surface area contributed by atoms with Crippen molar-refractivity contribution >= 4 is 0 Å². The maximum Gasteiger partial charge on any atom is 0.233 e.